The summed E-state index contributed by atoms with van der Waals surface area (Å²) in [6.45, 7) is 12.1. The second-order valence-electron chi connectivity index (χ2n) is 8.17. The Balaban J connectivity index is 2.64. The molecule has 0 amide bonds. The van der Waals surface area contributed by atoms with Gasteiger partial charge in [0.15, 0.2) is 0 Å². The molecule has 1 aliphatic carbocycles. The molecule has 0 aromatic heterocycles. The van der Waals surface area contributed by atoms with E-state index in [-0.39, 0.29) is 12.1 Å². The van der Waals surface area contributed by atoms with E-state index in [0.29, 0.717) is 11.8 Å². The van der Waals surface area contributed by atoms with Crippen LogP contribution in [0.4, 0.5) is 0 Å². The first kappa shape index (κ1) is 18.5. The lowest BCUT2D eigenvalue weighted by atomic mass is 9.71. The van der Waals surface area contributed by atoms with Crippen molar-refractivity contribution in [1.82, 2.24) is 0 Å². The fourth-order valence-corrected chi connectivity index (χ4v) is 3.32. The Morgan fingerprint density at radius 2 is 1.71 bits per heavy atom. The Hall–Kier alpha value is -0.570. The number of esters is 1. The summed E-state index contributed by atoms with van der Waals surface area (Å²) >= 11 is 0. The van der Waals surface area contributed by atoms with Crippen molar-refractivity contribution in [1.29, 1.82) is 0 Å². The summed E-state index contributed by atoms with van der Waals surface area (Å²) in [6, 6.07) is 0. The molecule has 0 spiro atoms. The van der Waals surface area contributed by atoms with Crippen molar-refractivity contribution in [3.8, 4) is 0 Å². The van der Waals surface area contributed by atoms with Gasteiger partial charge in [0.1, 0.15) is 5.60 Å². The summed E-state index contributed by atoms with van der Waals surface area (Å²) in [4.78, 5) is 12.5. The van der Waals surface area contributed by atoms with Crippen molar-refractivity contribution in [2.45, 2.75) is 91.8 Å². The zero-order chi connectivity index (χ0) is 16.3. The molecule has 0 radical (unpaired) electrons. The molecule has 21 heavy (non-hydrogen) atoms. The average Bonchev–Trinajstić information content (AvgIpc) is 2.37. The maximum atomic E-state index is 12.5. The smallest absolute Gasteiger partial charge is 0.312 e. The lowest BCUT2D eigenvalue weighted by molar-refractivity contribution is -0.168. The molecule has 1 saturated carbocycles. The molecule has 0 heterocycles. The molecule has 1 N–H and O–H groups in total. The van der Waals surface area contributed by atoms with Gasteiger partial charge in [-0.15, -0.1) is 0 Å². The van der Waals surface area contributed by atoms with Gasteiger partial charge in [-0.1, -0.05) is 13.8 Å². The zero-order valence-electron chi connectivity index (χ0n) is 14.7. The highest BCUT2D eigenvalue weighted by atomic mass is 16.6. The number of carbonyl (C=O) groups excluding carboxylic acids is 1. The highest BCUT2D eigenvalue weighted by Gasteiger charge is 2.38. The molecule has 0 bridgehead atoms. The molecule has 1 aliphatic rings. The third-order valence-electron chi connectivity index (χ3n) is 4.99. The number of carbonyl (C=O) groups is 1. The molecule has 1 rings (SSSR count). The Morgan fingerprint density at radius 1 is 1.19 bits per heavy atom. The van der Waals surface area contributed by atoms with Gasteiger partial charge in [0, 0.05) is 0 Å². The molecule has 3 heteroatoms. The van der Waals surface area contributed by atoms with Gasteiger partial charge in [0.05, 0.1) is 11.5 Å². The summed E-state index contributed by atoms with van der Waals surface area (Å²) < 4.78 is 5.62. The van der Waals surface area contributed by atoms with Crippen LogP contribution in [-0.4, -0.2) is 22.8 Å². The van der Waals surface area contributed by atoms with Crippen LogP contribution in [0, 0.1) is 17.3 Å². The molecule has 1 fully saturated rings. The predicted molar refractivity (Wildman–Crippen MR) is 86.0 cm³/mol. The Morgan fingerprint density at radius 3 is 2.14 bits per heavy atom. The van der Waals surface area contributed by atoms with Crippen LogP contribution in [0.5, 0.6) is 0 Å². The van der Waals surface area contributed by atoms with Crippen LogP contribution in [0.25, 0.3) is 0 Å². The number of ether oxygens (including phenoxy) is 1. The average molecular weight is 298 g/mol. The topological polar surface area (TPSA) is 46.5 Å². The van der Waals surface area contributed by atoms with Crippen molar-refractivity contribution in [3.63, 3.8) is 0 Å². The van der Waals surface area contributed by atoms with Crippen LogP contribution < -0.4 is 0 Å². The monoisotopic (exact) mass is 298 g/mol. The number of aliphatic hydroxyl groups is 1. The van der Waals surface area contributed by atoms with E-state index in [9.17, 15) is 9.90 Å². The summed E-state index contributed by atoms with van der Waals surface area (Å²) in [5, 5.41) is 9.63. The molecule has 0 saturated heterocycles. The molecule has 0 aromatic rings. The van der Waals surface area contributed by atoms with E-state index in [1.807, 2.05) is 27.7 Å². The molecule has 0 aliphatic heterocycles. The van der Waals surface area contributed by atoms with Gasteiger partial charge >= 0.3 is 5.97 Å². The first-order chi connectivity index (χ1) is 9.57. The SMILES string of the molecule is CCC(C)(CC(C)C1CCC(O)CC1)C(=O)OC(C)(C)C. The first-order valence-electron chi connectivity index (χ1n) is 8.49. The third-order valence-corrected chi connectivity index (χ3v) is 4.99. The van der Waals surface area contributed by atoms with Gasteiger partial charge in [-0.3, -0.25) is 4.79 Å². The minimum absolute atomic E-state index is 0.0693. The lowest BCUT2D eigenvalue weighted by Crippen LogP contribution is -2.38. The standard InChI is InChI=1S/C18H34O3/c1-7-18(6,16(20)21-17(3,4)5)12-13(2)14-8-10-15(19)11-9-14/h13-15,19H,7-12H2,1-6H3. The largest absolute Gasteiger partial charge is 0.460 e. The molecular formula is C18H34O3. The molecule has 2 unspecified atom stereocenters. The van der Waals surface area contributed by atoms with Crippen LogP contribution in [0.3, 0.4) is 0 Å². The van der Waals surface area contributed by atoms with Crippen LogP contribution in [-0.2, 0) is 9.53 Å². The van der Waals surface area contributed by atoms with Crippen molar-refractivity contribution in [2.75, 3.05) is 0 Å². The van der Waals surface area contributed by atoms with E-state index >= 15 is 0 Å². The zero-order valence-corrected chi connectivity index (χ0v) is 14.7. The van der Waals surface area contributed by atoms with Crippen molar-refractivity contribution >= 4 is 5.97 Å². The number of hydrogen-bond acceptors (Lipinski definition) is 3. The van der Waals surface area contributed by atoms with Crippen LogP contribution in [0.2, 0.25) is 0 Å². The Labute approximate surface area is 130 Å². The number of hydrogen-bond donors (Lipinski definition) is 1. The summed E-state index contributed by atoms with van der Waals surface area (Å²) in [5.41, 5.74) is -0.825. The van der Waals surface area contributed by atoms with Gasteiger partial charge in [0.25, 0.3) is 0 Å². The quantitative estimate of drug-likeness (QED) is 0.769. The number of aliphatic hydroxyl groups excluding tert-OH is 1. The van der Waals surface area contributed by atoms with Crippen molar-refractivity contribution in [2.24, 2.45) is 17.3 Å². The van der Waals surface area contributed by atoms with Crippen LogP contribution in [0.15, 0.2) is 0 Å². The van der Waals surface area contributed by atoms with Gasteiger partial charge in [0.2, 0.25) is 0 Å². The predicted octanol–water partition coefficient (Wildman–Crippen LogP) is 4.32. The summed E-state index contributed by atoms with van der Waals surface area (Å²) in [6.07, 6.45) is 5.54. The Bertz CT molecular complexity index is 337. The highest BCUT2D eigenvalue weighted by molar-refractivity contribution is 5.76. The summed E-state index contributed by atoms with van der Waals surface area (Å²) in [5.74, 6) is 1.05. The van der Waals surface area contributed by atoms with E-state index in [4.69, 9.17) is 4.74 Å². The van der Waals surface area contributed by atoms with Crippen molar-refractivity contribution in [3.05, 3.63) is 0 Å². The fourth-order valence-electron chi connectivity index (χ4n) is 3.32. The van der Waals surface area contributed by atoms with E-state index in [1.165, 1.54) is 0 Å². The van der Waals surface area contributed by atoms with Crippen LogP contribution in [0.1, 0.15) is 80.1 Å². The molecule has 0 aromatic carbocycles. The Kier molecular flexibility index (Phi) is 6.27. The minimum Gasteiger partial charge on any atom is -0.460 e. The summed E-state index contributed by atoms with van der Waals surface area (Å²) in [7, 11) is 0. The normalized spacial score (nSPS) is 27.8. The fraction of sp³-hybridized carbons (Fsp3) is 0.944. The highest BCUT2D eigenvalue weighted by Crippen LogP contribution is 2.39. The van der Waals surface area contributed by atoms with E-state index in [1.54, 1.807) is 0 Å². The van der Waals surface area contributed by atoms with Crippen molar-refractivity contribution < 1.29 is 14.6 Å². The van der Waals surface area contributed by atoms with Gasteiger partial charge in [-0.25, -0.2) is 0 Å². The lowest BCUT2D eigenvalue weighted by Gasteiger charge is -2.36. The minimum atomic E-state index is -0.425. The third kappa shape index (κ3) is 5.61. The van der Waals surface area contributed by atoms with E-state index < -0.39 is 11.0 Å². The van der Waals surface area contributed by atoms with Gasteiger partial charge in [-0.2, -0.15) is 0 Å². The van der Waals surface area contributed by atoms with Gasteiger partial charge in [-0.05, 0) is 78.1 Å². The maximum absolute atomic E-state index is 12.5. The molecule has 2 atom stereocenters. The van der Waals surface area contributed by atoms with Crippen LogP contribution >= 0.6 is 0 Å². The number of rotatable bonds is 5. The second-order valence-corrected chi connectivity index (χ2v) is 8.17. The van der Waals surface area contributed by atoms with E-state index in [0.717, 1.165) is 38.5 Å². The van der Waals surface area contributed by atoms with E-state index in [2.05, 4.69) is 13.8 Å². The first-order valence-corrected chi connectivity index (χ1v) is 8.49. The molecule has 124 valence electrons. The molecular weight excluding hydrogens is 264 g/mol. The maximum Gasteiger partial charge on any atom is 0.312 e. The molecule has 3 nitrogen and oxygen atoms in total. The van der Waals surface area contributed by atoms with Gasteiger partial charge < -0.3 is 9.84 Å². The second kappa shape index (κ2) is 7.13.